The van der Waals surface area contributed by atoms with Crippen molar-refractivity contribution in [3.05, 3.63) is 0 Å². The highest BCUT2D eigenvalue weighted by molar-refractivity contribution is 8.00. The van der Waals surface area contributed by atoms with Gasteiger partial charge >= 0.3 is 0 Å². The van der Waals surface area contributed by atoms with Gasteiger partial charge in [0.25, 0.3) is 0 Å². The van der Waals surface area contributed by atoms with Crippen LogP contribution in [-0.2, 0) is 4.74 Å². The van der Waals surface area contributed by atoms with E-state index in [2.05, 4.69) is 24.5 Å². The van der Waals surface area contributed by atoms with Crippen LogP contribution in [0.3, 0.4) is 0 Å². The summed E-state index contributed by atoms with van der Waals surface area (Å²) in [5, 5.41) is 17.9. The van der Waals surface area contributed by atoms with E-state index in [1.54, 1.807) is 7.11 Å². The highest BCUT2D eigenvalue weighted by Crippen LogP contribution is 2.42. The summed E-state index contributed by atoms with van der Waals surface area (Å²) in [5.41, 5.74) is -0.287. The zero-order chi connectivity index (χ0) is 18.2. The number of methoxy groups -OCH3 is 1. The van der Waals surface area contributed by atoms with Gasteiger partial charge in [-0.3, -0.25) is 4.99 Å². The molecule has 0 heterocycles. The summed E-state index contributed by atoms with van der Waals surface area (Å²) >= 11 is 1.87. The lowest BCUT2D eigenvalue weighted by molar-refractivity contribution is -0.0198. The van der Waals surface area contributed by atoms with E-state index in [1.807, 2.05) is 11.8 Å². The van der Waals surface area contributed by atoms with Crippen LogP contribution in [0.5, 0.6) is 0 Å². The van der Waals surface area contributed by atoms with Crippen LogP contribution >= 0.6 is 11.8 Å². The molecule has 2 atom stereocenters. The predicted octanol–water partition coefficient (Wildman–Crippen LogP) is 2.79. The number of hydrogen-bond acceptors (Lipinski definition) is 4. The van der Waals surface area contributed by atoms with Gasteiger partial charge in [0, 0.05) is 38.6 Å². The number of guanidine groups is 1. The summed E-state index contributed by atoms with van der Waals surface area (Å²) in [7, 11) is 1.78. The van der Waals surface area contributed by atoms with Crippen LogP contribution in [0.1, 0.15) is 58.8 Å². The maximum atomic E-state index is 10.8. The van der Waals surface area contributed by atoms with Crippen LogP contribution in [0.25, 0.3) is 0 Å². The normalized spacial score (nSPS) is 28.6. The van der Waals surface area contributed by atoms with Gasteiger partial charge < -0.3 is 20.5 Å². The summed E-state index contributed by atoms with van der Waals surface area (Å²) in [5.74, 6) is 1.90. The Labute approximate surface area is 157 Å². The zero-order valence-electron chi connectivity index (χ0n) is 16.3. The van der Waals surface area contributed by atoms with E-state index in [1.165, 1.54) is 25.7 Å². The Morgan fingerprint density at radius 2 is 2.00 bits per heavy atom. The van der Waals surface area contributed by atoms with Crippen molar-refractivity contribution in [1.82, 2.24) is 10.6 Å². The van der Waals surface area contributed by atoms with Crippen molar-refractivity contribution in [1.29, 1.82) is 0 Å². The second-order valence-corrected chi connectivity index (χ2v) is 9.06. The van der Waals surface area contributed by atoms with E-state index < -0.39 is 5.60 Å². The van der Waals surface area contributed by atoms with Crippen molar-refractivity contribution in [2.45, 2.75) is 69.6 Å². The Kier molecular flexibility index (Phi) is 8.36. The molecule has 25 heavy (non-hydrogen) atoms. The number of ether oxygens (including phenoxy) is 1. The van der Waals surface area contributed by atoms with E-state index in [9.17, 15) is 5.11 Å². The molecule has 5 nitrogen and oxygen atoms in total. The minimum absolute atomic E-state index is 0.298. The number of nitrogens with one attached hydrogen (secondary N) is 2. The topological polar surface area (TPSA) is 65.9 Å². The molecule has 2 saturated carbocycles. The van der Waals surface area contributed by atoms with E-state index >= 15 is 0 Å². The Balaban J connectivity index is 1.91. The average molecular weight is 372 g/mol. The molecule has 0 aromatic heterocycles. The second kappa shape index (κ2) is 10.0. The SMILES string of the molecule is CCNC(=NCC1(CCOC)CCCC1)NCC1(O)CCC1SCC. The number of aliphatic imine (C=N–C) groups is 1. The number of thioether (sulfide) groups is 1. The van der Waals surface area contributed by atoms with Crippen molar-refractivity contribution < 1.29 is 9.84 Å². The molecule has 2 fully saturated rings. The van der Waals surface area contributed by atoms with Gasteiger partial charge in [0.15, 0.2) is 5.96 Å². The second-order valence-electron chi connectivity index (χ2n) is 7.58. The first-order valence-electron chi connectivity index (χ1n) is 9.92. The lowest BCUT2D eigenvalue weighted by atomic mass is 9.79. The highest BCUT2D eigenvalue weighted by atomic mass is 32.2. The highest BCUT2D eigenvalue weighted by Gasteiger charge is 2.45. The van der Waals surface area contributed by atoms with Gasteiger partial charge in [-0.05, 0) is 50.2 Å². The maximum absolute atomic E-state index is 10.8. The number of hydrogen-bond donors (Lipinski definition) is 3. The van der Waals surface area contributed by atoms with E-state index in [0.29, 0.717) is 17.2 Å². The molecule has 0 amide bonds. The number of nitrogens with zero attached hydrogens (tertiary/aromatic N) is 1. The van der Waals surface area contributed by atoms with Crippen molar-refractivity contribution in [2.24, 2.45) is 10.4 Å². The van der Waals surface area contributed by atoms with Gasteiger partial charge in [-0.1, -0.05) is 19.8 Å². The van der Waals surface area contributed by atoms with Crippen molar-refractivity contribution in [3.63, 3.8) is 0 Å². The Bertz CT molecular complexity index is 427. The smallest absolute Gasteiger partial charge is 0.191 e. The van der Waals surface area contributed by atoms with Gasteiger partial charge in [0.05, 0.1) is 5.60 Å². The molecule has 0 bridgehead atoms. The number of rotatable bonds is 10. The van der Waals surface area contributed by atoms with Crippen LogP contribution in [-0.4, -0.2) is 61.0 Å². The third-order valence-electron chi connectivity index (χ3n) is 5.79. The summed E-state index contributed by atoms with van der Waals surface area (Å²) in [6.07, 6.45) is 8.19. The molecular weight excluding hydrogens is 334 g/mol. The molecule has 146 valence electrons. The third-order valence-corrected chi connectivity index (χ3v) is 7.20. The molecule has 2 aliphatic rings. The lowest BCUT2D eigenvalue weighted by Gasteiger charge is -2.45. The van der Waals surface area contributed by atoms with Crippen molar-refractivity contribution in [2.75, 3.05) is 39.1 Å². The molecule has 2 unspecified atom stereocenters. The molecule has 0 saturated heterocycles. The first-order chi connectivity index (χ1) is 12.1. The largest absolute Gasteiger partial charge is 0.387 e. The fourth-order valence-electron chi connectivity index (χ4n) is 3.99. The molecule has 0 aliphatic heterocycles. The van der Waals surface area contributed by atoms with Crippen LogP contribution in [0.15, 0.2) is 4.99 Å². The zero-order valence-corrected chi connectivity index (χ0v) is 17.1. The molecule has 2 rings (SSSR count). The monoisotopic (exact) mass is 371 g/mol. The summed E-state index contributed by atoms with van der Waals surface area (Å²) in [6, 6.07) is 0. The Morgan fingerprint density at radius 3 is 2.56 bits per heavy atom. The molecule has 0 aromatic carbocycles. The van der Waals surface area contributed by atoms with Crippen molar-refractivity contribution >= 4 is 17.7 Å². The van der Waals surface area contributed by atoms with Crippen LogP contribution < -0.4 is 10.6 Å². The standard InChI is InChI=1S/C19H37N3O2S/c1-4-20-17(22-15-19(23)11-8-16(19)25-5-2)21-14-18(12-13-24-3)9-6-7-10-18/h16,23H,4-15H2,1-3H3,(H2,20,21,22). The number of aliphatic hydroxyl groups is 1. The molecule has 6 heteroatoms. The van der Waals surface area contributed by atoms with Gasteiger partial charge in [-0.15, -0.1) is 0 Å². The minimum atomic E-state index is -0.585. The van der Waals surface area contributed by atoms with E-state index in [0.717, 1.165) is 50.7 Å². The Morgan fingerprint density at radius 1 is 1.24 bits per heavy atom. The van der Waals surface area contributed by atoms with Gasteiger partial charge in [0.1, 0.15) is 0 Å². The van der Waals surface area contributed by atoms with Crippen LogP contribution in [0.4, 0.5) is 0 Å². The lowest BCUT2D eigenvalue weighted by Crippen LogP contribution is -2.58. The third kappa shape index (κ3) is 5.76. The average Bonchev–Trinajstić information content (AvgIpc) is 3.08. The predicted molar refractivity (Wildman–Crippen MR) is 107 cm³/mol. The molecule has 0 spiro atoms. The summed E-state index contributed by atoms with van der Waals surface area (Å²) < 4.78 is 5.32. The molecule has 3 N–H and O–H groups in total. The summed E-state index contributed by atoms with van der Waals surface area (Å²) in [4.78, 5) is 4.87. The summed E-state index contributed by atoms with van der Waals surface area (Å²) in [6.45, 7) is 7.32. The van der Waals surface area contributed by atoms with Crippen molar-refractivity contribution in [3.8, 4) is 0 Å². The van der Waals surface area contributed by atoms with Crippen LogP contribution in [0.2, 0.25) is 0 Å². The van der Waals surface area contributed by atoms with Gasteiger partial charge in [-0.25, -0.2) is 0 Å². The minimum Gasteiger partial charge on any atom is -0.387 e. The quantitative estimate of drug-likeness (QED) is 0.407. The van der Waals surface area contributed by atoms with Gasteiger partial charge in [0.2, 0.25) is 0 Å². The first-order valence-corrected chi connectivity index (χ1v) is 11.0. The Hall–Kier alpha value is -0.460. The molecule has 2 aliphatic carbocycles. The maximum Gasteiger partial charge on any atom is 0.191 e. The van der Waals surface area contributed by atoms with Crippen LogP contribution in [0, 0.1) is 5.41 Å². The fourth-order valence-corrected chi connectivity index (χ4v) is 5.19. The molecule has 0 radical (unpaired) electrons. The van der Waals surface area contributed by atoms with Gasteiger partial charge in [-0.2, -0.15) is 11.8 Å². The molecule has 0 aromatic rings. The first kappa shape index (κ1) is 20.8. The molecular formula is C19H37N3O2S. The van der Waals surface area contributed by atoms with E-state index in [4.69, 9.17) is 9.73 Å². The van der Waals surface area contributed by atoms with E-state index in [-0.39, 0.29) is 0 Å². The fraction of sp³-hybridized carbons (Fsp3) is 0.947.